The SMILES string of the molecule is Cc1n[nH]c(C)c1-c1ccc(C2(CN3Cc4ccc(OC(F)F)cc4C3=O)NC(=O)NC2=O)cc1. The second-order valence-corrected chi connectivity index (χ2v) is 8.56. The number of hydrogen-bond acceptors (Lipinski definition) is 5. The van der Waals surface area contributed by atoms with Crippen molar-refractivity contribution in [2.75, 3.05) is 6.54 Å². The first-order valence-corrected chi connectivity index (χ1v) is 10.8. The molecule has 3 N–H and O–H groups in total. The molecule has 1 aromatic heterocycles. The van der Waals surface area contributed by atoms with E-state index in [-0.39, 0.29) is 24.4 Å². The lowest BCUT2D eigenvalue weighted by Crippen LogP contribution is -2.52. The van der Waals surface area contributed by atoms with Gasteiger partial charge in [-0.1, -0.05) is 30.3 Å². The minimum Gasteiger partial charge on any atom is -0.435 e. The lowest BCUT2D eigenvalue weighted by atomic mass is 9.88. The molecule has 2 aliphatic heterocycles. The van der Waals surface area contributed by atoms with Crippen molar-refractivity contribution < 1.29 is 27.9 Å². The van der Waals surface area contributed by atoms with Crippen LogP contribution in [0.15, 0.2) is 42.5 Å². The number of carbonyl (C=O) groups excluding carboxylic acids is 3. The molecule has 180 valence electrons. The van der Waals surface area contributed by atoms with E-state index < -0.39 is 30.0 Å². The molecule has 1 saturated heterocycles. The van der Waals surface area contributed by atoms with Crippen LogP contribution < -0.4 is 15.4 Å². The summed E-state index contributed by atoms with van der Waals surface area (Å²) in [6.45, 7) is 0.780. The van der Waals surface area contributed by atoms with E-state index in [4.69, 9.17) is 0 Å². The van der Waals surface area contributed by atoms with E-state index in [1.54, 1.807) is 12.1 Å². The van der Waals surface area contributed by atoms with Crippen LogP contribution in [0.4, 0.5) is 13.6 Å². The second kappa shape index (κ2) is 8.19. The Morgan fingerprint density at radius 1 is 1.11 bits per heavy atom. The Hall–Kier alpha value is -4.28. The number of aromatic nitrogens is 2. The number of hydrogen-bond donors (Lipinski definition) is 3. The van der Waals surface area contributed by atoms with Crippen LogP contribution in [0.5, 0.6) is 5.75 Å². The maximum atomic E-state index is 13.1. The zero-order valence-electron chi connectivity index (χ0n) is 18.8. The first-order valence-electron chi connectivity index (χ1n) is 10.8. The van der Waals surface area contributed by atoms with Crippen LogP contribution in [0.2, 0.25) is 0 Å². The fraction of sp³-hybridized carbons (Fsp3) is 0.250. The number of halogens is 2. The molecule has 0 saturated carbocycles. The Bertz CT molecular complexity index is 1330. The number of H-pyrrole nitrogens is 1. The van der Waals surface area contributed by atoms with Crippen molar-refractivity contribution in [3.05, 3.63) is 70.5 Å². The highest BCUT2D eigenvalue weighted by Crippen LogP contribution is 2.34. The number of ether oxygens (including phenoxy) is 1. The van der Waals surface area contributed by atoms with E-state index in [0.717, 1.165) is 22.5 Å². The Labute approximate surface area is 198 Å². The molecular formula is C24H21F2N5O4. The lowest BCUT2D eigenvalue weighted by molar-refractivity contribution is -0.124. The van der Waals surface area contributed by atoms with Crippen LogP contribution in [0, 0.1) is 13.8 Å². The summed E-state index contributed by atoms with van der Waals surface area (Å²) < 4.78 is 29.6. The molecule has 0 spiro atoms. The minimum atomic E-state index is -3.01. The molecule has 3 heterocycles. The standard InChI is InChI=1S/C24H21F2N5O4/c1-12-19(13(2)30-29-12)14-3-6-16(7-4-14)24(21(33)27-23(34)28-24)11-31-10-15-5-8-17(35-22(25)26)9-18(15)20(31)32/h3-9,22H,10-11H2,1-2H3,(H,29,30)(H2,27,28,33,34). The number of rotatable bonds is 6. The molecule has 0 bridgehead atoms. The van der Waals surface area contributed by atoms with Crippen molar-refractivity contribution in [3.63, 3.8) is 0 Å². The van der Waals surface area contributed by atoms with Gasteiger partial charge in [-0.05, 0) is 42.7 Å². The van der Waals surface area contributed by atoms with E-state index in [1.165, 1.54) is 23.1 Å². The quantitative estimate of drug-likeness (QED) is 0.468. The van der Waals surface area contributed by atoms with Gasteiger partial charge in [0.1, 0.15) is 5.75 Å². The predicted octanol–water partition coefficient (Wildman–Crippen LogP) is 2.99. The molecule has 35 heavy (non-hydrogen) atoms. The second-order valence-electron chi connectivity index (χ2n) is 8.56. The van der Waals surface area contributed by atoms with Crippen molar-refractivity contribution in [1.82, 2.24) is 25.7 Å². The average Bonchev–Trinajstić information content (AvgIpc) is 3.41. The van der Waals surface area contributed by atoms with Gasteiger partial charge in [0, 0.05) is 23.4 Å². The number of fused-ring (bicyclic) bond motifs is 1. The third-order valence-electron chi connectivity index (χ3n) is 6.35. The van der Waals surface area contributed by atoms with Crippen molar-refractivity contribution in [2.45, 2.75) is 32.5 Å². The summed E-state index contributed by atoms with van der Waals surface area (Å²) in [6, 6.07) is 10.6. The van der Waals surface area contributed by atoms with Gasteiger partial charge in [0.15, 0.2) is 5.54 Å². The van der Waals surface area contributed by atoms with Gasteiger partial charge < -0.3 is 15.0 Å². The molecule has 4 amide bonds. The van der Waals surface area contributed by atoms with Gasteiger partial charge in [0.05, 0.1) is 12.2 Å². The Balaban J connectivity index is 1.46. The number of nitrogens with zero attached hydrogens (tertiary/aromatic N) is 2. The first-order chi connectivity index (χ1) is 16.7. The summed E-state index contributed by atoms with van der Waals surface area (Å²) >= 11 is 0. The van der Waals surface area contributed by atoms with Gasteiger partial charge in [-0.25, -0.2) is 4.79 Å². The summed E-state index contributed by atoms with van der Waals surface area (Å²) in [5, 5.41) is 12.1. The van der Waals surface area contributed by atoms with Crippen LogP contribution in [0.3, 0.4) is 0 Å². The predicted molar refractivity (Wildman–Crippen MR) is 120 cm³/mol. The number of aryl methyl sites for hydroxylation is 2. The van der Waals surface area contributed by atoms with Crippen LogP contribution in [0.25, 0.3) is 11.1 Å². The highest BCUT2D eigenvalue weighted by atomic mass is 19.3. The molecule has 3 aromatic rings. The highest BCUT2D eigenvalue weighted by Gasteiger charge is 2.50. The van der Waals surface area contributed by atoms with E-state index in [1.807, 2.05) is 26.0 Å². The normalized spacial score (nSPS) is 19.2. The molecule has 2 aromatic carbocycles. The summed E-state index contributed by atoms with van der Waals surface area (Å²) in [4.78, 5) is 39.7. The summed E-state index contributed by atoms with van der Waals surface area (Å²) in [5.41, 5.74) is 3.35. The van der Waals surface area contributed by atoms with Crippen molar-refractivity contribution in [1.29, 1.82) is 0 Å². The molecule has 5 rings (SSSR count). The average molecular weight is 481 g/mol. The maximum Gasteiger partial charge on any atom is 0.387 e. The number of amides is 4. The number of benzene rings is 2. The van der Waals surface area contributed by atoms with Crippen LogP contribution >= 0.6 is 0 Å². The van der Waals surface area contributed by atoms with Crippen molar-refractivity contribution >= 4 is 17.8 Å². The van der Waals surface area contributed by atoms with Gasteiger partial charge in [-0.2, -0.15) is 13.9 Å². The Morgan fingerprint density at radius 3 is 2.46 bits per heavy atom. The fourth-order valence-electron chi connectivity index (χ4n) is 4.73. The number of alkyl halides is 2. The largest absolute Gasteiger partial charge is 0.435 e. The summed E-state index contributed by atoms with van der Waals surface area (Å²) in [6.07, 6.45) is 0. The number of carbonyl (C=O) groups is 3. The highest BCUT2D eigenvalue weighted by molar-refractivity contribution is 6.08. The molecule has 1 atom stereocenters. The van der Waals surface area contributed by atoms with Crippen LogP contribution in [-0.2, 0) is 16.9 Å². The molecule has 0 radical (unpaired) electrons. The Kier molecular flexibility index (Phi) is 5.27. The molecular weight excluding hydrogens is 460 g/mol. The number of aromatic amines is 1. The molecule has 1 unspecified atom stereocenters. The number of urea groups is 1. The lowest BCUT2D eigenvalue weighted by Gasteiger charge is -2.31. The van der Waals surface area contributed by atoms with Gasteiger partial charge in [-0.15, -0.1) is 0 Å². The molecule has 0 aliphatic carbocycles. The van der Waals surface area contributed by atoms with Gasteiger partial charge in [-0.3, -0.25) is 20.0 Å². The van der Waals surface area contributed by atoms with Crippen LogP contribution in [0.1, 0.15) is 32.9 Å². The zero-order valence-corrected chi connectivity index (χ0v) is 18.8. The summed E-state index contributed by atoms with van der Waals surface area (Å²) in [5.74, 6) is -1.17. The third kappa shape index (κ3) is 3.78. The van der Waals surface area contributed by atoms with Gasteiger partial charge in [0.2, 0.25) is 0 Å². The monoisotopic (exact) mass is 481 g/mol. The van der Waals surface area contributed by atoms with E-state index >= 15 is 0 Å². The Morgan fingerprint density at radius 2 is 1.86 bits per heavy atom. The zero-order chi connectivity index (χ0) is 24.9. The minimum absolute atomic E-state index is 0.129. The first kappa shape index (κ1) is 22.5. The van der Waals surface area contributed by atoms with E-state index in [2.05, 4.69) is 25.6 Å². The molecule has 9 nitrogen and oxygen atoms in total. The van der Waals surface area contributed by atoms with E-state index in [0.29, 0.717) is 11.1 Å². The van der Waals surface area contributed by atoms with Gasteiger partial charge in [0.25, 0.3) is 11.8 Å². The van der Waals surface area contributed by atoms with Crippen molar-refractivity contribution in [2.24, 2.45) is 0 Å². The fourth-order valence-corrected chi connectivity index (χ4v) is 4.73. The number of imide groups is 1. The van der Waals surface area contributed by atoms with Crippen LogP contribution in [-0.4, -0.2) is 46.1 Å². The number of nitrogens with one attached hydrogen (secondary N) is 3. The maximum absolute atomic E-state index is 13.1. The van der Waals surface area contributed by atoms with Gasteiger partial charge >= 0.3 is 12.6 Å². The summed E-state index contributed by atoms with van der Waals surface area (Å²) in [7, 11) is 0. The van der Waals surface area contributed by atoms with Crippen molar-refractivity contribution in [3.8, 4) is 16.9 Å². The third-order valence-corrected chi connectivity index (χ3v) is 6.35. The molecule has 2 aliphatic rings. The molecule has 11 heteroatoms. The smallest absolute Gasteiger partial charge is 0.387 e. The topological polar surface area (TPSA) is 116 Å². The van der Waals surface area contributed by atoms with E-state index in [9.17, 15) is 23.2 Å². The molecule has 1 fully saturated rings.